The molecule has 0 radical (unpaired) electrons. The molecule has 0 bridgehead atoms. The minimum Gasteiger partial charge on any atom is -0.463 e. The Balaban J connectivity index is 2.47. The first kappa shape index (κ1) is 15.1. The second kappa shape index (κ2) is 7.51. The summed E-state index contributed by atoms with van der Waals surface area (Å²) in [6.45, 7) is 3.85. The molecule has 1 aliphatic rings. The lowest BCUT2D eigenvalue weighted by Gasteiger charge is -2.32. The van der Waals surface area contributed by atoms with E-state index in [1.807, 2.05) is 6.92 Å². The highest BCUT2D eigenvalue weighted by Crippen LogP contribution is 2.24. The Morgan fingerprint density at radius 2 is 2.11 bits per heavy atom. The van der Waals surface area contributed by atoms with Gasteiger partial charge in [0.1, 0.15) is 0 Å². The second-order valence-electron chi connectivity index (χ2n) is 4.63. The topological polar surface area (TPSA) is 76.0 Å². The van der Waals surface area contributed by atoms with Gasteiger partial charge in [0.2, 0.25) is 0 Å². The SMILES string of the molecule is CCOC(=O)/C=C(/C)CC1CC(O)CC(CO)O1. The Hall–Kier alpha value is -0.910. The molecule has 1 aliphatic heterocycles. The summed E-state index contributed by atoms with van der Waals surface area (Å²) < 4.78 is 10.4. The van der Waals surface area contributed by atoms with Crippen LogP contribution in [0.1, 0.15) is 33.1 Å². The molecular formula is C13H22O5. The van der Waals surface area contributed by atoms with Crippen molar-refractivity contribution in [2.45, 2.75) is 51.4 Å². The fourth-order valence-electron chi connectivity index (χ4n) is 2.14. The molecule has 3 unspecified atom stereocenters. The maximum absolute atomic E-state index is 11.3. The van der Waals surface area contributed by atoms with E-state index in [0.717, 1.165) is 5.57 Å². The van der Waals surface area contributed by atoms with E-state index in [2.05, 4.69) is 0 Å². The van der Waals surface area contributed by atoms with Gasteiger partial charge in [0.25, 0.3) is 0 Å². The smallest absolute Gasteiger partial charge is 0.330 e. The molecule has 104 valence electrons. The fraction of sp³-hybridized carbons (Fsp3) is 0.769. The molecule has 5 heteroatoms. The number of hydrogen-bond donors (Lipinski definition) is 2. The molecule has 2 N–H and O–H groups in total. The largest absolute Gasteiger partial charge is 0.463 e. The number of hydrogen-bond acceptors (Lipinski definition) is 5. The summed E-state index contributed by atoms with van der Waals surface area (Å²) in [4.78, 5) is 11.3. The van der Waals surface area contributed by atoms with Gasteiger partial charge in [0.15, 0.2) is 0 Å². The van der Waals surface area contributed by atoms with Crippen LogP contribution in [0.25, 0.3) is 0 Å². The lowest BCUT2D eigenvalue weighted by Crippen LogP contribution is -2.37. The van der Waals surface area contributed by atoms with Gasteiger partial charge in [-0.3, -0.25) is 0 Å². The summed E-state index contributed by atoms with van der Waals surface area (Å²) in [6.07, 6.45) is 2.09. The number of aliphatic hydroxyl groups is 2. The highest BCUT2D eigenvalue weighted by atomic mass is 16.5. The molecule has 0 aliphatic carbocycles. The van der Waals surface area contributed by atoms with Crippen molar-refractivity contribution in [2.24, 2.45) is 0 Å². The number of rotatable bonds is 5. The number of aliphatic hydroxyl groups excluding tert-OH is 2. The van der Waals surface area contributed by atoms with E-state index < -0.39 is 6.10 Å². The van der Waals surface area contributed by atoms with Crippen molar-refractivity contribution < 1.29 is 24.5 Å². The molecule has 1 fully saturated rings. The minimum atomic E-state index is -0.448. The van der Waals surface area contributed by atoms with Gasteiger partial charge in [-0.05, 0) is 26.7 Å². The van der Waals surface area contributed by atoms with Crippen molar-refractivity contribution in [3.05, 3.63) is 11.6 Å². The molecule has 0 aromatic rings. The normalized spacial score (nSPS) is 29.1. The summed E-state index contributed by atoms with van der Waals surface area (Å²) in [6, 6.07) is 0. The van der Waals surface area contributed by atoms with E-state index in [0.29, 0.717) is 25.9 Å². The first-order valence-corrected chi connectivity index (χ1v) is 6.33. The first-order valence-electron chi connectivity index (χ1n) is 6.33. The standard InChI is InChI=1S/C13H22O5/c1-3-17-13(16)5-9(2)4-11-6-10(15)7-12(8-14)18-11/h5,10-12,14-15H,3-4,6-8H2,1-2H3/b9-5-. The maximum atomic E-state index is 11.3. The summed E-state index contributed by atoms with van der Waals surface area (Å²) in [5.74, 6) is -0.356. The van der Waals surface area contributed by atoms with Crippen molar-refractivity contribution >= 4 is 5.97 Å². The third-order valence-corrected chi connectivity index (χ3v) is 2.86. The summed E-state index contributed by atoms with van der Waals surface area (Å²) in [7, 11) is 0. The average Bonchev–Trinajstić information content (AvgIpc) is 2.27. The number of carbonyl (C=O) groups is 1. The molecule has 0 spiro atoms. The summed E-state index contributed by atoms with van der Waals surface area (Å²) in [5.41, 5.74) is 0.851. The van der Waals surface area contributed by atoms with E-state index in [1.165, 1.54) is 6.08 Å². The van der Waals surface area contributed by atoms with Crippen LogP contribution in [0, 0.1) is 0 Å². The Bertz CT molecular complexity index is 300. The third kappa shape index (κ3) is 5.16. The van der Waals surface area contributed by atoms with Gasteiger partial charge in [0.05, 0.1) is 31.5 Å². The molecule has 1 rings (SSSR count). The van der Waals surface area contributed by atoms with Crippen LogP contribution in [0.3, 0.4) is 0 Å². The fourth-order valence-corrected chi connectivity index (χ4v) is 2.14. The molecule has 3 atom stereocenters. The van der Waals surface area contributed by atoms with Crippen LogP contribution in [0.15, 0.2) is 11.6 Å². The van der Waals surface area contributed by atoms with Crippen LogP contribution >= 0.6 is 0 Å². The predicted molar refractivity (Wildman–Crippen MR) is 66.0 cm³/mol. The second-order valence-corrected chi connectivity index (χ2v) is 4.63. The lowest BCUT2D eigenvalue weighted by molar-refractivity contribution is -0.137. The summed E-state index contributed by atoms with van der Waals surface area (Å²) in [5, 5.41) is 18.7. The van der Waals surface area contributed by atoms with Gasteiger partial charge in [-0.2, -0.15) is 0 Å². The molecule has 0 amide bonds. The van der Waals surface area contributed by atoms with Crippen molar-refractivity contribution in [1.29, 1.82) is 0 Å². The predicted octanol–water partition coefficient (Wildman–Crippen LogP) is 0.787. The van der Waals surface area contributed by atoms with Crippen molar-refractivity contribution in [3.63, 3.8) is 0 Å². The van der Waals surface area contributed by atoms with Gasteiger partial charge in [-0.1, -0.05) is 5.57 Å². The van der Waals surface area contributed by atoms with Crippen LogP contribution < -0.4 is 0 Å². The van der Waals surface area contributed by atoms with Gasteiger partial charge < -0.3 is 19.7 Å². The third-order valence-electron chi connectivity index (χ3n) is 2.86. The van der Waals surface area contributed by atoms with E-state index in [-0.39, 0.29) is 24.8 Å². The van der Waals surface area contributed by atoms with Crippen molar-refractivity contribution in [3.8, 4) is 0 Å². The van der Waals surface area contributed by atoms with Gasteiger partial charge in [-0.25, -0.2) is 4.79 Å². The summed E-state index contributed by atoms with van der Waals surface area (Å²) >= 11 is 0. The Labute approximate surface area is 107 Å². The molecule has 0 aromatic carbocycles. The van der Waals surface area contributed by atoms with E-state index in [4.69, 9.17) is 14.6 Å². The van der Waals surface area contributed by atoms with E-state index in [1.54, 1.807) is 6.92 Å². The maximum Gasteiger partial charge on any atom is 0.330 e. The highest BCUT2D eigenvalue weighted by molar-refractivity contribution is 5.82. The molecule has 1 saturated heterocycles. The van der Waals surface area contributed by atoms with Crippen LogP contribution in [0.4, 0.5) is 0 Å². The van der Waals surface area contributed by atoms with Crippen LogP contribution in [0.5, 0.6) is 0 Å². The monoisotopic (exact) mass is 258 g/mol. The Morgan fingerprint density at radius 1 is 1.44 bits per heavy atom. The zero-order valence-corrected chi connectivity index (χ0v) is 11.0. The van der Waals surface area contributed by atoms with Crippen LogP contribution in [0.2, 0.25) is 0 Å². The molecule has 1 heterocycles. The Morgan fingerprint density at radius 3 is 2.72 bits per heavy atom. The van der Waals surface area contributed by atoms with Gasteiger partial charge in [0, 0.05) is 12.5 Å². The molecular weight excluding hydrogens is 236 g/mol. The molecule has 18 heavy (non-hydrogen) atoms. The number of esters is 1. The van der Waals surface area contributed by atoms with Crippen molar-refractivity contribution in [1.82, 2.24) is 0 Å². The quantitative estimate of drug-likeness (QED) is 0.563. The number of carbonyl (C=O) groups excluding carboxylic acids is 1. The highest BCUT2D eigenvalue weighted by Gasteiger charge is 2.27. The van der Waals surface area contributed by atoms with Gasteiger partial charge in [-0.15, -0.1) is 0 Å². The van der Waals surface area contributed by atoms with Gasteiger partial charge >= 0.3 is 5.97 Å². The van der Waals surface area contributed by atoms with Crippen LogP contribution in [-0.2, 0) is 14.3 Å². The van der Waals surface area contributed by atoms with Crippen LogP contribution in [-0.4, -0.2) is 47.7 Å². The number of ether oxygens (including phenoxy) is 2. The minimum absolute atomic E-state index is 0.0891. The lowest BCUT2D eigenvalue weighted by atomic mass is 9.97. The molecule has 0 saturated carbocycles. The van der Waals surface area contributed by atoms with E-state index in [9.17, 15) is 9.90 Å². The van der Waals surface area contributed by atoms with Crippen molar-refractivity contribution in [2.75, 3.05) is 13.2 Å². The average molecular weight is 258 g/mol. The Kier molecular flexibility index (Phi) is 6.32. The molecule has 0 aromatic heterocycles. The first-order chi connectivity index (χ1) is 8.55. The van der Waals surface area contributed by atoms with E-state index >= 15 is 0 Å². The zero-order valence-electron chi connectivity index (χ0n) is 11.0. The zero-order chi connectivity index (χ0) is 13.5. The molecule has 5 nitrogen and oxygen atoms in total.